The molecule has 0 aromatic heterocycles. The van der Waals surface area contributed by atoms with E-state index in [9.17, 15) is 4.79 Å². The Kier molecular flexibility index (Phi) is 11.9. The van der Waals surface area contributed by atoms with Crippen LogP contribution in [0.4, 0.5) is 0 Å². The summed E-state index contributed by atoms with van der Waals surface area (Å²) in [7, 11) is -2.56. The van der Waals surface area contributed by atoms with Gasteiger partial charge in [0, 0.05) is 32.3 Å². The highest BCUT2D eigenvalue weighted by Crippen LogP contribution is 2.20. The zero-order valence-electron chi connectivity index (χ0n) is 14.3. The fourth-order valence-electron chi connectivity index (χ4n) is 1.94. The minimum atomic E-state index is -2.56. The third-order valence-corrected chi connectivity index (χ3v) is 5.94. The molecule has 0 bridgehead atoms. The molecule has 0 aromatic rings. The number of rotatable bonds is 13. The van der Waals surface area contributed by atoms with Crippen molar-refractivity contribution in [3.05, 3.63) is 0 Å². The van der Waals surface area contributed by atoms with Crippen LogP contribution in [0, 0.1) is 5.92 Å². The molecule has 21 heavy (non-hydrogen) atoms. The number of carbonyl (C=O) groups excluding carboxylic acids is 1. The van der Waals surface area contributed by atoms with Gasteiger partial charge in [0.2, 0.25) is 0 Å². The molecule has 5 nitrogen and oxygen atoms in total. The summed E-state index contributed by atoms with van der Waals surface area (Å²) in [5, 5.41) is 0. The van der Waals surface area contributed by atoms with Crippen LogP contribution in [-0.4, -0.2) is 41.2 Å². The maximum Gasteiger partial charge on any atom is 0.500 e. The van der Waals surface area contributed by atoms with Gasteiger partial charge in [-0.1, -0.05) is 13.8 Å². The fourth-order valence-corrected chi connectivity index (χ4v) is 4.63. The Hall–Kier alpha value is -0.433. The van der Waals surface area contributed by atoms with Gasteiger partial charge in [0.05, 0.1) is 6.61 Å². The zero-order chi connectivity index (χ0) is 16.1. The number of hydrogen-bond donors (Lipinski definition) is 0. The predicted octanol–water partition coefficient (Wildman–Crippen LogP) is 3.40. The molecule has 0 saturated carbocycles. The lowest BCUT2D eigenvalue weighted by Gasteiger charge is -2.28. The highest BCUT2D eigenvalue weighted by atomic mass is 28.4. The molecule has 126 valence electrons. The second-order valence-corrected chi connectivity index (χ2v) is 8.00. The Morgan fingerprint density at radius 1 is 0.952 bits per heavy atom. The molecular weight excluding hydrogens is 288 g/mol. The Morgan fingerprint density at radius 2 is 1.48 bits per heavy atom. The van der Waals surface area contributed by atoms with E-state index in [1.54, 1.807) is 0 Å². The molecule has 0 atom stereocenters. The summed E-state index contributed by atoms with van der Waals surface area (Å²) >= 11 is 0. The van der Waals surface area contributed by atoms with Crippen molar-refractivity contribution in [1.29, 1.82) is 0 Å². The summed E-state index contributed by atoms with van der Waals surface area (Å²) in [6, 6.07) is 0.750. The van der Waals surface area contributed by atoms with Gasteiger partial charge in [-0.15, -0.1) is 0 Å². The second kappa shape index (κ2) is 12.1. The minimum Gasteiger partial charge on any atom is -0.465 e. The third kappa shape index (κ3) is 10.0. The molecule has 6 heteroatoms. The van der Waals surface area contributed by atoms with E-state index in [1.165, 1.54) is 0 Å². The Bertz CT molecular complexity index is 254. The molecule has 0 aliphatic carbocycles. The molecule has 0 aliphatic heterocycles. The molecule has 0 aliphatic rings. The van der Waals surface area contributed by atoms with Crippen LogP contribution in [0.15, 0.2) is 0 Å². The molecule has 0 unspecified atom stereocenters. The van der Waals surface area contributed by atoms with E-state index >= 15 is 0 Å². The maximum atomic E-state index is 11.5. The third-order valence-electron chi connectivity index (χ3n) is 2.78. The highest BCUT2D eigenvalue weighted by Gasteiger charge is 2.39. The summed E-state index contributed by atoms with van der Waals surface area (Å²) < 4.78 is 22.5. The predicted molar refractivity (Wildman–Crippen MR) is 85.1 cm³/mol. The first-order chi connectivity index (χ1) is 9.99. The van der Waals surface area contributed by atoms with Crippen molar-refractivity contribution in [2.45, 2.75) is 59.9 Å². The van der Waals surface area contributed by atoms with Crippen LogP contribution >= 0.6 is 0 Å². The maximum absolute atomic E-state index is 11.5. The van der Waals surface area contributed by atoms with E-state index in [0.717, 1.165) is 18.9 Å². The first-order valence-electron chi connectivity index (χ1n) is 8.07. The van der Waals surface area contributed by atoms with Gasteiger partial charge in [0.1, 0.15) is 0 Å². The summed E-state index contributed by atoms with van der Waals surface area (Å²) in [5.41, 5.74) is 0. The largest absolute Gasteiger partial charge is 0.500 e. The minimum absolute atomic E-state index is 0.125. The lowest BCUT2D eigenvalue weighted by molar-refractivity contribution is -0.144. The van der Waals surface area contributed by atoms with Gasteiger partial charge in [-0.3, -0.25) is 4.79 Å². The Labute approximate surface area is 130 Å². The average Bonchev–Trinajstić information content (AvgIpc) is 2.42. The monoisotopic (exact) mass is 320 g/mol. The number of carbonyl (C=O) groups is 1. The van der Waals surface area contributed by atoms with Crippen LogP contribution in [0.1, 0.15) is 53.9 Å². The second-order valence-electron chi connectivity index (χ2n) is 5.27. The number of ether oxygens (including phenoxy) is 1. The Morgan fingerprint density at radius 3 is 1.90 bits per heavy atom. The molecule has 0 radical (unpaired) electrons. The SMILES string of the molecule is CCO[Si](CCCCC(=O)OCC(C)C)(OCC)OCC. The van der Waals surface area contributed by atoms with Gasteiger partial charge in [-0.05, 0) is 39.5 Å². The lowest BCUT2D eigenvalue weighted by Crippen LogP contribution is -2.45. The summed E-state index contributed by atoms with van der Waals surface area (Å²) in [6.07, 6.45) is 2.07. The topological polar surface area (TPSA) is 54.0 Å². The van der Waals surface area contributed by atoms with E-state index in [4.69, 9.17) is 18.0 Å². The van der Waals surface area contributed by atoms with Gasteiger partial charge in [0.15, 0.2) is 0 Å². The molecule has 0 aromatic carbocycles. The molecule has 0 heterocycles. The quantitative estimate of drug-likeness (QED) is 0.296. The van der Waals surface area contributed by atoms with E-state index < -0.39 is 8.80 Å². The van der Waals surface area contributed by atoms with Crippen LogP contribution in [0.3, 0.4) is 0 Å². The molecular formula is C15H32O5Si. The first kappa shape index (κ1) is 20.6. The average molecular weight is 321 g/mol. The Balaban J connectivity index is 4.09. The lowest BCUT2D eigenvalue weighted by atomic mass is 10.2. The van der Waals surface area contributed by atoms with Crippen LogP contribution in [0.2, 0.25) is 6.04 Å². The highest BCUT2D eigenvalue weighted by molar-refractivity contribution is 6.60. The molecule has 0 saturated heterocycles. The van der Waals surface area contributed by atoms with Crippen molar-refractivity contribution in [2.75, 3.05) is 26.4 Å². The van der Waals surface area contributed by atoms with Gasteiger partial charge in [-0.25, -0.2) is 0 Å². The van der Waals surface area contributed by atoms with E-state index in [0.29, 0.717) is 38.8 Å². The first-order valence-corrected chi connectivity index (χ1v) is 10.00. The molecule has 0 amide bonds. The van der Waals surface area contributed by atoms with Crippen molar-refractivity contribution >= 4 is 14.8 Å². The van der Waals surface area contributed by atoms with E-state index in [1.807, 2.05) is 34.6 Å². The summed E-state index contributed by atoms with van der Waals surface area (Å²) in [5.74, 6) is 0.253. The van der Waals surface area contributed by atoms with Gasteiger partial charge in [0.25, 0.3) is 0 Å². The molecule has 0 rings (SSSR count). The fraction of sp³-hybridized carbons (Fsp3) is 0.933. The van der Waals surface area contributed by atoms with Crippen LogP contribution in [0.5, 0.6) is 0 Å². The molecule has 0 N–H and O–H groups in total. The summed E-state index contributed by atoms with van der Waals surface area (Å²) in [6.45, 7) is 12.1. The number of unbranched alkanes of at least 4 members (excludes halogenated alkanes) is 1. The van der Waals surface area contributed by atoms with Crippen molar-refractivity contribution in [3.63, 3.8) is 0 Å². The van der Waals surface area contributed by atoms with Crippen LogP contribution in [-0.2, 0) is 22.8 Å². The van der Waals surface area contributed by atoms with Gasteiger partial charge < -0.3 is 18.0 Å². The number of hydrogen-bond acceptors (Lipinski definition) is 5. The van der Waals surface area contributed by atoms with Crippen LogP contribution < -0.4 is 0 Å². The smallest absolute Gasteiger partial charge is 0.465 e. The van der Waals surface area contributed by atoms with Gasteiger partial charge in [-0.2, -0.15) is 0 Å². The van der Waals surface area contributed by atoms with Gasteiger partial charge >= 0.3 is 14.8 Å². The standard InChI is InChI=1S/C15H32O5Si/c1-6-18-21(19-7-2,20-8-3)12-10-9-11-15(16)17-13-14(4)5/h14H,6-13H2,1-5H3. The van der Waals surface area contributed by atoms with Crippen molar-refractivity contribution in [3.8, 4) is 0 Å². The molecule has 0 fully saturated rings. The van der Waals surface area contributed by atoms with Crippen molar-refractivity contribution < 1.29 is 22.8 Å². The van der Waals surface area contributed by atoms with Crippen molar-refractivity contribution in [1.82, 2.24) is 0 Å². The number of esters is 1. The van der Waals surface area contributed by atoms with Crippen molar-refractivity contribution in [2.24, 2.45) is 5.92 Å². The molecule has 0 spiro atoms. The van der Waals surface area contributed by atoms with E-state index in [-0.39, 0.29) is 5.97 Å². The normalized spacial score (nSPS) is 11.9. The van der Waals surface area contributed by atoms with E-state index in [2.05, 4.69) is 0 Å². The van der Waals surface area contributed by atoms with Crippen LogP contribution in [0.25, 0.3) is 0 Å². The zero-order valence-corrected chi connectivity index (χ0v) is 15.3. The summed E-state index contributed by atoms with van der Waals surface area (Å²) in [4.78, 5) is 11.5.